The molecule has 5 heteroatoms. The molecule has 26 heavy (non-hydrogen) atoms. The number of benzene rings is 2. The van der Waals surface area contributed by atoms with Crippen molar-refractivity contribution < 1.29 is 14.3 Å². The van der Waals surface area contributed by atoms with Crippen LogP contribution in [-0.4, -0.2) is 31.0 Å². The second kappa shape index (κ2) is 7.60. The Hall–Kier alpha value is -2.82. The molecule has 2 aromatic carbocycles. The smallest absolute Gasteiger partial charge is 0.251 e. The number of amides is 2. The van der Waals surface area contributed by atoms with Crippen LogP contribution in [0.4, 0.5) is 5.69 Å². The van der Waals surface area contributed by atoms with E-state index in [2.05, 4.69) is 5.32 Å². The fraction of sp³-hybridized carbons (Fsp3) is 0.333. The Balaban J connectivity index is 1.65. The number of anilines is 1. The second-order valence-corrected chi connectivity index (χ2v) is 6.60. The summed E-state index contributed by atoms with van der Waals surface area (Å²) >= 11 is 0. The number of hydrogen-bond donors (Lipinski definition) is 1. The van der Waals surface area contributed by atoms with Crippen molar-refractivity contribution >= 4 is 17.5 Å². The van der Waals surface area contributed by atoms with Gasteiger partial charge in [-0.3, -0.25) is 9.59 Å². The van der Waals surface area contributed by atoms with E-state index in [4.69, 9.17) is 4.74 Å². The van der Waals surface area contributed by atoms with Gasteiger partial charge in [0.05, 0.1) is 12.6 Å². The highest BCUT2D eigenvalue weighted by molar-refractivity contribution is 5.99. The van der Waals surface area contributed by atoms with Gasteiger partial charge in [-0.1, -0.05) is 6.07 Å². The van der Waals surface area contributed by atoms with E-state index >= 15 is 0 Å². The molecule has 1 fully saturated rings. The fourth-order valence-electron chi connectivity index (χ4n) is 3.09. The van der Waals surface area contributed by atoms with E-state index in [0.717, 1.165) is 17.0 Å². The molecule has 1 saturated heterocycles. The van der Waals surface area contributed by atoms with Gasteiger partial charge in [0, 0.05) is 24.2 Å². The summed E-state index contributed by atoms with van der Waals surface area (Å²) in [6.45, 7) is 7.07. The number of nitrogens with one attached hydrogen (secondary N) is 1. The van der Waals surface area contributed by atoms with E-state index in [0.29, 0.717) is 25.1 Å². The lowest BCUT2D eigenvalue weighted by atomic mass is 10.1. The summed E-state index contributed by atoms with van der Waals surface area (Å²) in [7, 11) is 0. The molecule has 0 radical (unpaired) electrons. The van der Waals surface area contributed by atoms with Gasteiger partial charge in [-0.25, -0.2) is 0 Å². The largest absolute Gasteiger partial charge is 0.494 e. The predicted octanol–water partition coefficient (Wildman–Crippen LogP) is 3.24. The quantitative estimate of drug-likeness (QED) is 0.899. The Kier molecular flexibility index (Phi) is 5.26. The van der Waals surface area contributed by atoms with Crippen LogP contribution in [0.2, 0.25) is 0 Å². The average Bonchev–Trinajstić information content (AvgIpc) is 2.98. The molecule has 0 aliphatic carbocycles. The molecular weight excluding hydrogens is 328 g/mol. The Morgan fingerprint density at radius 3 is 2.54 bits per heavy atom. The molecule has 0 spiro atoms. The van der Waals surface area contributed by atoms with Crippen LogP contribution in [0.3, 0.4) is 0 Å². The van der Waals surface area contributed by atoms with Crippen molar-refractivity contribution in [2.75, 3.05) is 18.1 Å². The molecule has 136 valence electrons. The summed E-state index contributed by atoms with van der Waals surface area (Å²) in [6, 6.07) is 12.8. The molecule has 1 heterocycles. The standard InChI is InChI=1S/C21H24N2O3/c1-4-26-19-9-6-16(7-10-19)21(25)22-17-12-20(24)23(13-17)18-8-5-14(2)15(3)11-18/h5-11,17H,4,12-13H2,1-3H3,(H,22,25)/t17-/m1/s1. The molecule has 0 bridgehead atoms. The van der Waals surface area contributed by atoms with Gasteiger partial charge in [0.15, 0.2) is 0 Å². The van der Waals surface area contributed by atoms with Crippen molar-refractivity contribution in [3.05, 3.63) is 59.2 Å². The zero-order chi connectivity index (χ0) is 18.7. The molecule has 3 rings (SSSR count). The summed E-state index contributed by atoms with van der Waals surface area (Å²) < 4.78 is 5.39. The van der Waals surface area contributed by atoms with Gasteiger partial charge in [-0.05, 0) is 68.3 Å². The van der Waals surface area contributed by atoms with Crippen molar-refractivity contribution in [3.63, 3.8) is 0 Å². The van der Waals surface area contributed by atoms with Gasteiger partial charge in [-0.2, -0.15) is 0 Å². The number of aryl methyl sites for hydroxylation is 2. The van der Waals surface area contributed by atoms with Crippen molar-refractivity contribution in [3.8, 4) is 5.75 Å². The summed E-state index contributed by atoms with van der Waals surface area (Å²) in [4.78, 5) is 26.6. The van der Waals surface area contributed by atoms with Gasteiger partial charge >= 0.3 is 0 Å². The first-order valence-electron chi connectivity index (χ1n) is 8.89. The minimum absolute atomic E-state index is 0.0326. The van der Waals surface area contributed by atoms with Gasteiger partial charge in [0.1, 0.15) is 5.75 Å². The summed E-state index contributed by atoms with van der Waals surface area (Å²) in [6.07, 6.45) is 0.315. The van der Waals surface area contributed by atoms with E-state index in [-0.39, 0.29) is 17.9 Å². The van der Waals surface area contributed by atoms with Crippen LogP contribution >= 0.6 is 0 Å². The van der Waals surface area contributed by atoms with Crippen LogP contribution in [-0.2, 0) is 4.79 Å². The lowest BCUT2D eigenvalue weighted by Gasteiger charge is -2.18. The monoisotopic (exact) mass is 352 g/mol. The zero-order valence-corrected chi connectivity index (χ0v) is 15.4. The molecule has 1 atom stereocenters. The van der Waals surface area contributed by atoms with Crippen LogP contribution in [0.15, 0.2) is 42.5 Å². The number of rotatable bonds is 5. The molecule has 1 aliphatic heterocycles. The number of ether oxygens (including phenoxy) is 1. The second-order valence-electron chi connectivity index (χ2n) is 6.60. The molecule has 2 amide bonds. The molecule has 0 unspecified atom stereocenters. The average molecular weight is 352 g/mol. The van der Waals surface area contributed by atoms with E-state index in [1.807, 2.05) is 39.0 Å². The third-order valence-electron chi connectivity index (χ3n) is 4.69. The number of nitrogens with zero attached hydrogens (tertiary/aromatic N) is 1. The van der Waals surface area contributed by atoms with E-state index < -0.39 is 0 Å². The van der Waals surface area contributed by atoms with E-state index in [1.165, 1.54) is 5.56 Å². The Morgan fingerprint density at radius 2 is 1.88 bits per heavy atom. The lowest BCUT2D eigenvalue weighted by Crippen LogP contribution is -2.37. The van der Waals surface area contributed by atoms with Gasteiger partial charge in [0.25, 0.3) is 5.91 Å². The minimum Gasteiger partial charge on any atom is -0.494 e. The Morgan fingerprint density at radius 1 is 1.15 bits per heavy atom. The fourth-order valence-corrected chi connectivity index (χ4v) is 3.09. The topological polar surface area (TPSA) is 58.6 Å². The Labute approximate surface area is 154 Å². The molecule has 1 aliphatic rings. The summed E-state index contributed by atoms with van der Waals surface area (Å²) in [5.74, 6) is 0.596. The zero-order valence-electron chi connectivity index (χ0n) is 15.4. The summed E-state index contributed by atoms with van der Waals surface area (Å²) in [5.41, 5.74) is 3.79. The minimum atomic E-state index is -0.192. The molecule has 5 nitrogen and oxygen atoms in total. The maximum atomic E-state index is 12.4. The molecular formula is C21H24N2O3. The normalized spacial score (nSPS) is 16.7. The molecule has 0 aromatic heterocycles. The third-order valence-corrected chi connectivity index (χ3v) is 4.69. The highest BCUT2D eigenvalue weighted by Crippen LogP contribution is 2.24. The van der Waals surface area contributed by atoms with Gasteiger partial charge < -0.3 is 15.0 Å². The number of carbonyl (C=O) groups excluding carboxylic acids is 2. The molecule has 1 N–H and O–H groups in total. The van der Waals surface area contributed by atoms with E-state index in [1.54, 1.807) is 29.2 Å². The third kappa shape index (κ3) is 3.87. The van der Waals surface area contributed by atoms with E-state index in [9.17, 15) is 9.59 Å². The maximum Gasteiger partial charge on any atom is 0.251 e. The predicted molar refractivity (Wildman–Crippen MR) is 102 cm³/mol. The number of hydrogen-bond acceptors (Lipinski definition) is 3. The first-order valence-corrected chi connectivity index (χ1v) is 8.89. The van der Waals surface area contributed by atoms with Crippen LogP contribution in [0.5, 0.6) is 5.75 Å². The van der Waals surface area contributed by atoms with Crippen LogP contribution < -0.4 is 15.0 Å². The first-order chi connectivity index (χ1) is 12.5. The lowest BCUT2D eigenvalue weighted by molar-refractivity contribution is -0.117. The van der Waals surface area contributed by atoms with Gasteiger partial charge in [0.2, 0.25) is 5.91 Å². The van der Waals surface area contributed by atoms with Crippen molar-refractivity contribution in [1.29, 1.82) is 0 Å². The number of carbonyl (C=O) groups is 2. The SMILES string of the molecule is CCOc1ccc(C(=O)N[C@@H]2CC(=O)N(c3ccc(C)c(C)c3)C2)cc1. The molecule has 0 saturated carbocycles. The van der Waals surface area contributed by atoms with Gasteiger partial charge in [-0.15, -0.1) is 0 Å². The summed E-state index contributed by atoms with van der Waals surface area (Å²) in [5, 5.41) is 2.96. The van der Waals surface area contributed by atoms with Crippen LogP contribution in [0.1, 0.15) is 34.8 Å². The highest BCUT2D eigenvalue weighted by atomic mass is 16.5. The van der Waals surface area contributed by atoms with Crippen molar-refractivity contribution in [1.82, 2.24) is 5.32 Å². The highest BCUT2D eigenvalue weighted by Gasteiger charge is 2.31. The maximum absolute atomic E-state index is 12.4. The van der Waals surface area contributed by atoms with Crippen LogP contribution in [0, 0.1) is 13.8 Å². The molecule has 2 aromatic rings. The van der Waals surface area contributed by atoms with Crippen molar-refractivity contribution in [2.24, 2.45) is 0 Å². The van der Waals surface area contributed by atoms with Crippen molar-refractivity contribution in [2.45, 2.75) is 33.2 Å². The Bertz CT molecular complexity index is 815. The van der Waals surface area contributed by atoms with Crippen LogP contribution in [0.25, 0.3) is 0 Å². The first kappa shape index (κ1) is 18.0.